The van der Waals surface area contributed by atoms with Gasteiger partial charge in [-0.05, 0) is 60.2 Å². The molecule has 0 fully saturated rings. The summed E-state index contributed by atoms with van der Waals surface area (Å²) in [5.74, 6) is 1.39. The Hall–Kier alpha value is -3.34. The fourth-order valence-electron chi connectivity index (χ4n) is 4.27. The van der Waals surface area contributed by atoms with Gasteiger partial charge in [0.15, 0.2) is 0 Å². The Bertz CT molecular complexity index is 1040. The lowest BCUT2D eigenvalue weighted by Gasteiger charge is -2.23. The number of nitrogens with one attached hydrogen (secondary N) is 1. The SMILES string of the molecule is CCNc1cccc(CCOC2=CC3Cc4ccccc4C(CC(=O)O)=CC3C=C2)n1. The van der Waals surface area contributed by atoms with Gasteiger partial charge in [-0.1, -0.05) is 42.5 Å². The molecule has 2 N–H and O–H groups in total. The second-order valence-electron chi connectivity index (χ2n) is 7.94. The first kappa shape index (κ1) is 20.9. The number of pyridine rings is 1. The summed E-state index contributed by atoms with van der Waals surface area (Å²) in [5.41, 5.74) is 4.14. The van der Waals surface area contributed by atoms with Crippen molar-refractivity contribution in [2.75, 3.05) is 18.5 Å². The fraction of sp³-hybridized carbons (Fsp3) is 0.308. The van der Waals surface area contributed by atoms with Crippen molar-refractivity contribution in [2.24, 2.45) is 11.8 Å². The summed E-state index contributed by atoms with van der Waals surface area (Å²) in [5, 5.41) is 12.6. The van der Waals surface area contributed by atoms with Crippen molar-refractivity contribution in [3.05, 3.63) is 89.3 Å². The van der Waals surface area contributed by atoms with Gasteiger partial charge < -0.3 is 15.2 Å². The van der Waals surface area contributed by atoms with E-state index < -0.39 is 5.97 Å². The molecule has 0 saturated heterocycles. The van der Waals surface area contributed by atoms with Crippen molar-refractivity contribution >= 4 is 17.4 Å². The summed E-state index contributed by atoms with van der Waals surface area (Å²) in [6, 6.07) is 14.1. The summed E-state index contributed by atoms with van der Waals surface area (Å²) >= 11 is 0. The lowest BCUT2D eigenvalue weighted by molar-refractivity contribution is -0.135. The highest BCUT2D eigenvalue weighted by molar-refractivity contribution is 5.85. The molecular weight excluding hydrogens is 388 g/mol. The van der Waals surface area contributed by atoms with E-state index in [-0.39, 0.29) is 18.3 Å². The van der Waals surface area contributed by atoms with Gasteiger partial charge in [-0.3, -0.25) is 4.79 Å². The zero-order valence-corrected chi connectivity index (χ0v) is 17.8. The van der Waals surface area contributed by atoms with E-state index >= 15 is 0 Å². The van der Waals surface area contributed by atoms with Gasteiger partial charge in [-0.25, -0.2) is 4.98 Å². The first-order valence-electron chi connectivity index (χ1n) is 10.9. The molecule has 5 nitrogen and oxygen atoms in total. The number of anilines is 1. The van der Waals surface area contributed by atoms with Crippen LogP contribution >= 0.6 is 0 Å². The molecule has 160 valence electrons. The highest BCUT2D eigenvalue weighted by atomic mass is 16.5. The van der Waals surface area contributed by atoms with Crippen molar-refractivity contribution in [3.63, 3.8) is 0 Å². The van der Waals surface area contributed by atoms with Crippen LogP contribution in [0.25, 0.3) is 5.57 Å². The van der Waals surface area contributed by atoms with E-state index in [1.165, 1.54) is 5.56 Å². The number of aliphatic carboxylic acids is 1. The number of nitrogens with zero attached hydrogens (tertiary/aromatic N) is 1. The summed E-state index contributed by atoms with van der Waals surface area (Å²) in [6.45, 7) is 3.46. The Balaban J connectivity index is 1.45. The zero-order chi connectivity index (χ0) is 21.6. The molecule has 1 aromatic heterocycles. The number of carboxylic acids is 1. The lowest BCUT2D eigenvalue weighted by Crippen LogP contribution is -2.15. The average Bonchev–Trinajstić information content (AvgIpc) is 2.90. The maximum Gasteiger partial charge on any atom is 0.307 e. The Kier molecular flexibility index (Phi) is 6.51. The van der Waals surface area contributed by atoms with Crippen molar-refractivity contribution in [2.45, 2.75) is 26.2 Å². The fourth-order valence-corrected chi connectivity index (χ4v) is 4.27. The largest absolute Gasteiger partial charge is 0.494 e. The maximum absolute atomic E-state index is 11.4. The van der Waals surface area contributed by atoms with E-state index in [4.69, 9.17) is 4.74 Å². The van der Waals surface area contributed by atoms with Gasteiger partial charge in [-0.2, -0.15) is 0 Å². The normalized spacial score (nSPS) is 19.4. The van der Waals surface area contributed by atoms with Gasteiger partial charge in [0.1, 0.15) is 11.6 Å². The minimum Gasteiger partial charge on any atom is -0.494 e. The van der Waals surface area contributed by atoms with Crippen LogP contribution in [-0.2, 0) is 22.4 Å². The third-order valence-electron chi connectivity index (χ3n) is 5.70. The van der Waals surface area contributed by atoms with Crippen LogP contribution < -0.4 is 5.32 Å². The van der Waals surface area contributed by atoms with E-state index in [2.05, 4.69) is 41.5 Å². The molecule has 0 amide bonds. The Morgan fingerprint density at radius 3 is 2.90 bits per heavy atom. The predicted octanol–water partition coefficient (Wildman–Crippen LogP) is 4.87. The van der Waals surface area contributed by atoms with Gasteiger partial charge >= 0.3 is 5.97 Å². The van der Waals surface area contributed by atoms with Crippen molar-refractivity contribution in [1.82, 2.24) is 4.98 Å². The molecule has 0 saturated carbocycles. The first-order valence-corrected chi connectivity index (χ1v) is 10.9. The molecule has 2 aliphatic carbocycles. The third kappa shape index (κ3) is 5.23. The number of allylic oxidation sites excluding steroid dienone is 4. The molecule has 2 unspecified atom stereocenters. The third-order valence-corrected chi connectivity index (χ3v) is 5.70. The Morgan fingerprint density at radius 2 is 2.06 bits per heavy atom. The van der Waals surface area contributed by atoms with E-state index in [0.29, 0.717) is 6.61 Å². The number of benzene rings is 1. The molecule has 2 atom stereocenters. The van der Waals surface area contributed by atoms with Crippen LogP contribution in [0.1, 0.15) is 30.2 Å². The number of ether oxygens (including phenoxy) is 1. The molecule has 1 heterocycles. The van der Waals surface area contributed by atoms with Gasteiger partial charge in [0.2, 0.25) is 0 Å². The molecule has 0 spiro atoms. The van der Waals surface area contributed by atoms with Crippen molar-refractivity contribution in [3.8, 4) is 0 Å². The highest BCUT2D eigenvalue weighted by Crippen LogP contribution is 2.37. The minimum absolute atomic E-state index is 0.0418. The monoisotopic (exact) mass is 416 g/mol. The molecule has 4 rings (SSSR count). The molecule has 0 aliphatic heterocycles. The van der Waals surface area contributed by atoms with E-state index in [1.807, 2.05) is 42.5 Å². The second kappa shape index (κ2) is 9.65. The lowest BCUT2D eigenvalue weighted by atomic mass is 9.84. The van der Waals surface area contributed by atoms with Crippen LogP contribution in [0.3, 0.4) is 0 Å². The molecule has 2 aliphatic rings. The Labute approximate surface area is 183 Å². The summed E-state index contributed by atoms with van der Waals surface area (Å²) < 4.78 is 6.05. The topological polar surface area (TPSA) is 71.5 Å². The predicted molar refractivity (Wildman–Crippen MR) is 123 cm³/mol. The smallest absolute Gasteiger partial charge is 0.307 e. The van der Waals surface area contributed by atoms with Crippen LogP contribution in [0.5, 0.6) is 0 Å². The van der Waals surface area contributed by atoms with Gasteiger partial charge in [0.25, 0.3) is 0 Å². The molecule has 5 heteroatoms. The molecule has 31 heavy (non-hydrogen) atoms. The van der Waals surface area contributed by atoms with Crippen molar-refractivity contribution < 1.29 is 14.6 Å². The molecular formula is C26H28N2O3. The van der Waals surface area contributed by atoms with Crippen LogP contribution in [-0.4, -0.2) is 29.2 Å². The first-order chi connectivity index (χ1) is 15.1. The number of hydrogen-bond acceptors (Lipinski definition) is 4. The number of fused-ring (bicyclic) bond motifs is 2. The van der Waals surface area contributed by atoms with E-state index in [0.717, 1.165) is 47.8 Å². The number of aromatic nitrogens is 1. The standard InChI is InChI=1S/C26H28N2O3/c1-2-27-25-9-5-7-22(28-25)12-13-31-23-11-10-18-14-21(17-26(29)30)24-8-4-3-6-19(24)15-20(18)16-23/h3-11,14,16,18,20H,2,12-13,15,17H2,1H3,(H,27,28)(H,29,30). The maximum atomic E-state index is 11.4. The molecule has 1 aromatic carbocycles. The summed E-state index contributed by atoms with van der Waals surface area (Å²) in [4.78, 5) is 16.0. The quantitative estimate of drug-likeness (QED) is 0.642. The molecule has 0 radical (unpaired) electrons. The zero-order valence-electron chi connectivity index (χ0n) is 17.8. The number of rotatable bonds is 8. The number of carbonyl (C=O) groups is 1. The highest BCUT2D eigenvalue weighted by Gasteiger charge is 2.26. The number of hydrogen-bond donors (Lipinski definition) is 2. The molecule has 0 bridgehead atoms. The van der Waals surface area contributed by atoms with Gasteiger partial charge in [0, 0.05) is 24.6 Å². The minimum atomic E-state index is -0.800. The van der Waals surface area contributed by atoms with Crippen LogP contribution in [0, 0.1) is 11.8 Å². The number of carboxylic acid groups (broad SMARTS) is 1. The van der Waals surface area contributed by atoms with Crippen LogP contribution in [0.4, 0.5) is 5.82 Å². The van der Waals surface area contributed by atoms with Crippen LogP contribution in [0.2, 0.25) is 0 Å². The average molecular weight is 417 g/mol. The van der Waals surface area contributed by atoms with E-state index in [9.17, 15) is 9.90 Å². The van der Waals surface area contributed by atoms with Crippen LogP contribution in [0.15, 0.2) is 72.5 Å². The summed E-state index contributed by atoms with van der Waals surface area (Å²) in [7, 11) is 0. The molecule has 2 aromatic rings. The second-order valence-corrected chi connectivity index (χ2v) is 7.94. The van der Waals surface area contributed by atoms with Gasteiger partial charge in [0.05, 0.1) is 13.0 Å². The van der Waals surface area contributed by atoms with Crippen molar-refractivity contribution in [1.29, 1.82) is 0 Å². The van der Waals surface area contributed by atoms with E-state index in [1.54, 1.807) is 0 Å². The van der Waals surface area contributed by atoms with Gasteiger partial charge in [-0.15, -0.1) is 0 Å². The Morgan fingerprint density at radius 1 is 1.19 bits per heavy atom. The summed E-state index contributed by atoms with van der Waals surface area (Å²) in [6.07, 6.45) is 10.1.